The van der Waals surface area contributed by atoms with E-state index in [1.165, 1.54) is 5.56 Å². The molecule has 0 bridgehead atoms. The highest BCUT2D eigenvalue weighted by Crippen LogP contribution is 2.22. The van der Waals surface area contributed by atoms with Gasteiger partial charge >= 0.3 is 0 Å². The number of halogens is 1. The predicted octanol–water partition coefficient (Wildman–Crippen LogP) is 3.72. The molecule has 0 fully saturated rings. The lowest BCUT2D eigenvalue weighted by atomic mass is 10.1. The van der Waals surface area contributed by atoms with Gasteiger partial charge in [-0.15, -0.1) is 11.6 Å². The monoisotopic (exact) mass is 277 g/mol. The van der Waals surface area contributed by atoms with Crippen LogP contribution in [0.15, 0.2) is 36.4 Å². The van der Waals surface area contributed by atoms with E-state index in [2.05, 4.69) is 4.98 Å². The van der Waals surface area contributed by atoms with Gasteiger partial charge in [-0.25, -0.2) is 4.98 Å². The standard InChI is InChI=1S/C15H16ClNO2/c1-11-6-7-14(12(8-11)9-16)19-10-13-4-3-5-15(17-13)18-2/h3-8H,9-10H2,1-2H3. The number of ether oxygens (including phenoxy) is 2. The summed E-state index contributed by atoms with van der Waals surface area (Å²) in [6, 6.07) is 11.6. The maximum Gasteiger partial charge on any atom is 0.213 e. The van der Waals surface area contributed by atoms with Crippen molar-refractivity contribution in [1.82, 2.24) is 4.98 Å². The van der Waals surface area contributed by atoms with Gasteiger partial charge in [0.05, 0.1) is 18.7 Å². The van der Waals surface area contributed by atoms with Gasteiger partial charge in [0.2, 0.25) is 5.88 Å². The summed E-state index contributed by atoms with van der Waals surface area (Å²) < 4.78 is 10.8. The average Bonchev–Trinajstić information content (AvgIpc) is 2.46. The Morgan fingerprint density at radius 1 is 1.21 bits per heavy atom. The van der Waals surface area contributed by atoms with E-state index in [0.29, 0.717) is 18.4 Å². The molecule has 0 amide bonds. The topological polar surface area (TPSA) is 31.4 Å². The largest absolute Gasteiger partial charge is 0.487 e. The molecule has 19 heavy (non-hydrogen) atoms. The van der Waals surface area contributed by atoms with Crippen LogP contribution in [-0.4, -0.2) is 12.1 Å². The van der Waals surface area contributed by atoms with Crippen LogP contribution in [-0.2, 0) is 12.5 Å². The molecule has 4 heteroatoms. The Morgan fingerprint density at radius 2 is 2.05 bits per heavy atom. The predicted molar refractivity (Wildman–Crippen MR) is 75.9 cm³/mol. The molecule has 0 atom stereocenters. The van der Waals surface area contributed by atoms with E-state index < -0.39 is 0 Å². The normalized spacial score (nSPS) is 10.3. The van der Waals surface area contributed by atoms with Crippen molar-refractivity contribution >= 4 is 11.6 Å². The lowest BCUT2D eigenvalue weighted by Crippen LogP contribution is -2.01. The third kappa shape index (κ3) is 3.61. The first-order valence-corrected chi connectivity index (χ1v) is 6.54. The maximum atomic E-state index is 5.92. The van der Waals surface area contributed by atoms with Gasteiger partial charge in [-0.3, -0.25) is 0 Å². The van der Waals surface area contributed by atoms with Crippen LogP contribution < -0.4 is 9.47 Å². The smallest absolute Gasteiger partial charge is 0.213 e. The maximum absolute atomic E-state index is 5.92. The highest BCUT2D eigenvalue weighted by Gasteiger charge is 2.04. The summed E-state index contributed by atoms with van der Waals surface area (Å²) in [6.45, 7) is 2.42. The van der Waals surface area contributed by atoms with Crippen LogP contribution in [0.2, 0.25) is 0 Å². The molecule has 1 aromatic heterocycles. The summed E-state index contributed by atoms with van der Waals surface area (Å²) >= 11 is 5.92. The minimum atomic E-state index is 0.393. The van der Waals surface area contributed by atoms with Crippen molar-refractivity contribution in [2.24, 2.45) is 0 Å². The number of aromatic nitrogens is 1. The SMILES string of the molecule is COc1cccc(COc2ccc(C)cc2CCl)n1. The molecule has 1 aromatic carbocycles. The Kier molecular flexibility index (Phi) is 4.63. The zero-order valence-corrected chi connectivity index (χ0v) is 11.8. The van der Waals surface area contributed by atoms with Gasteiger partial charge in [0.15, 0.2) is 0 Å². The molecule has 0 unspecified atom stereocenters. The Hall–Kier alpha value is -1.74. The van der Waals surface area contributed by atoms with Gasteiger partial charge in [-0.1, -0.05) is 23.8 Å². The van der Waals surface area contributed by atoms with Crippen LogP contribution in [0.3, 0.4) is 0 Å². The van der Waals surface area contributed by atoms with Crippen LogP contribution >= 0.6 is 11.6 Å². The zero-order chi connectivity index (χ0) is 13.7. The molecule has 0 saturated heterocycles. The minimum Gasteiger partial charge on any atom is -0.487 e. The number of hydrogen-bond acceptors (Lipinski definition) is 3. The first kappa shape index (κ1) is 13.7. The molecule has 0 aliphatic rings. The van der Waals surface area contributed by atoms with E-state index in [1.807, 2.05) is 37.3 Å². The van der Waals surface area contributed by atoms with Crippen molar-refractivity contribution in [3.8, 4) is 11.6 Å². The number of pyridine rings is 1. The molecule has 0 aliphatic heterocycles. The third-order valence-corrected chi connectivity index (χ3v) is 3.01. The summed E-state index contributed by atoms with van der Waals surface area (Å²) in [7, 11) is 1.60. The lowest BCUT2D eigenvalue weighted by Gasteiger charge is -2.10. The Morgan fingerprint density at radius 3 is 2.79 bits per heavy atom. The average molecular weight is 278 g/mol. The van der Waals surface area contributed by atoms with E-state index in [4.69, 9.17) is 21.1 Å². The second-order valence-electron chi connectivity index (χ2n) is 4.20. The van der Waals surface area contributed by atoms with E-state index >= 15 is 0 Å². The van der Waals surface area contributed by atoms with E-state index in [9.17, 15) is 0 Å². The number of methoxy groups -OCH3 is 1. The molecule has 1 heterocycles. The number of nitrogens with zero attached hydrogens (tertiary/aromatic N) is 1. The Labute approximate surface area is 118 Å². The molecule has 0 N–H and O–H groups in total. The van der Waals surface area contributed by atoms with Gasteiger partial charge in [0.25, 0.3) is 0 Å². The number of alkyl halides is 1. The van der Waals surface area contributed by atoms with Gasteiger partial charge in [0, 0.05) is 11.6 Å². The molecule has 0 aliphatic carbocycles. The van der Waals surface area contributed by atoms with Crippen LogP contribution in [0.4, 0.5) is 0 Å². The molecule has 100 valence electrons. The molecule has 2 aromatic rings. The fourth-order valence-electron chi connectivity index (χ4n) is 1.76. The van der Waals surface area contributed by atoms with Crippen LogP contribution in [0.25, 0.3) is 0 Å². The van der Waals surface area contributed by atoms with Crippen LogP contribution in [0, 0.1) is 6.92 Å². The molecule has 3 nitrogen and oxygen atoms in total. The minimum absolute atomic E-state index is 0.393. The van der Waals surface area contributed by atoms with E-state index in [0.717, 1.165) is 17.0 Å². The first-order chi connectivity index (χ1) is 9.22. The van der Waals surface area contributed by atoms with E-state index in [1.54, 1.807) is 13.2 Å². The van der Waals surface area contributed by atoms with Crippen molar-refractivity contribution in [3.63, 3.8) is 0 Å². The van der Waals surface area contributed by atoms with Crippen molar-refractivity contribution in [2.75, 3.05) is 7.11 Å². The molecular weight excluding hydrogens is 262 g/mol. The number of benzene rings is 1. The van der Waals surface area contributed by atoms with Gasteiger partial charge in [-0.05, 0) is 19.1 Å². The highest BCUT2D eigenvalue weighted by atomic mass is 35.5. The molecular formula is C15H16ClNO2. The van der Waals surface area contributed by atoms with Gasteiger partial charge in [-0.2, -0.15) is 0 Å². The summed E-state index contributed by atoms with van der Waals surface area (Å²) in [5.74, 6) is 1.82. The summed E-state index contributed by atoms with van der Waals surface area (Å²) in [4.78, 5) is 4.30. The molecule has 0 saturated carbocycles. The second kappa shape index (κ2) is 6.43. The van der Waals surface area contributed by atoms with Gasteiger partial charge < -0.3 is 9.47 Å². The summed E-state index contributed by atoms with van der Waals surface area (Å²) in [5, 5.41) is 0. The molecule has 2 rings (SSSR count). The van der Waals surface area contributed by atoms with Gasteiger partial charge in [0.1, 0.15) is 12.4 Å². The fraction of sp³-hybridized carbons (Fsp3) is 0.267. The number of hydrogen-bond donors (Lipinski definition) is 0. The van der Waals surface area contributed by atoms with Crippen LogP contribution in [0.5, 0.6) is 11.6 Å². The molecule has 0 spiro atoms. The third-order valence-electron chi connectivity index (χ3n) is 2.73. The summed E-state index contributed by atoms with van der Waals surface area (Å²) in [6.07, 6.45) is 0. The van der Waals surface area contributed by atoms with Crippen molar-refractivity contribution in [2.45, 2.75) is 19.4 Å². The van der Waals surface area contributed by atoms with E-state index in [-0.39, 0.29) is 0 Å². The molecule has 0 radical (unpaired) electrons. The zero-order valence-electron chi connectivity index (χ0n) is 11.0. The van der Waals surface area contributed by atoms with Crippen molar-refractivity contribution < 1.29 is 9.47 Å². The highest BCUT2D eigenvalue weighted by molar-refractivity contribution is 6.17. The van der Waals surface area contributed by atoms with Crippen molar-refractivity contribution in [3.05, 3.63) is 53.2 Å². The van der Waals surface area contributed by atoms with Crippen LogP contribution in [0.1, 0.15) is 16.8 Å². The van der Waals surface area contributed by atoms with Crippen molar-refractivity contribution in [1.29, 1.82) is 0 Å². The summed E-state index contributed by atoms with van der Waals surface area (Å²) in [5.41, 5.74) is 2.98. The number of rotatable bonds is 5. The second-order valence-corrected chi connectivity index (χ2v) is 4.47. The quantitative estimate of drug-likeness (QED) is 0.781. The number of aryl methyl sites for hydroxylation is 1. The fourth-order valence-corrected chi connectivity index (χ4v) is 1.97. The Balaban J connectivity index is 2.09. The first-order valence-electron chi connectivity index (χ1n) is 6.01. The Bertz CT molecular complexity index is 558. The lowest BCUT2D eigenvalue weighted by molar-refractivity contribution is 0.296.